The van der Waals surface area contributed by atoms with Crippen molar-refractivity contribution in [3.8, 4) is 11.5 Å². The predicted molar refractivity (Wildman–Crippen MR) is 140 cm³/mol. The van der Waals surface area contributed by atoms with Crippen molar-refractivity contribution in [2.75, 3.05) is 6.54 Å². The van der Waals surface area contributed by atoms with Crippen LogP contribution in [-0.2, 0) is 5.54 Å². The first-order valence-electron chi connectivity index (χ1n) is 13.0. The molecular weight excluding hydrogens is 418 g/mol. The number of benzene rings is 1. The zero-order valence-corrected chi connectivity index (χ0v) is 21.3. The summed E-state index contributed by atoms with van der Waals surface area (Å²) in [5.41, 5.74) is 6.40. The van der Waals surface area contributed by atoms with Crippen LogP contribution in [0.5, 0.6) is 0 Å². The number of rotatable bonds is 7. The molecule has 4 nitrogen and oxygen atoms in total. The highest BCUT2D eigenvalue weighted by Gasteiger charge is 2.44. The molecule has 1 aromatic heterocycles. The molecule has 0 N–H and O–H groups in total. The number of nitrogens with zero attached hydrogens (tertiary/aromatic N) is 3. The molecule has 1 unspecified atom stereocenters. The first-order chi connectivity index (χ1) is 16.4. The molecule has 0 amide bonds. The Labute approximate surface area is 204 Å². The van der Waals surface area contributed by atoms with Gasteiger partial charge in [-0.1, -0.05) is 77.5 Å². The summed E-state index contributed by atoms with van der Waals surface area (Å²) in [4.78, 5) is 2.56. The minimum Gasteiger partial charge on any atom is -0.416 e. The highest BCUT2D eigenvalue weighted by Crippen LogP contribution is 2.51. The van der Waals surface area contributed by atoms with E-state index in [9.17, 15) is 0 Å². The highest BCUT2D eigenvalue weighted by molar-refractivity contribution is 5.79. The van der Waals surface area contributed by atoms with Crippen molar-refractivity contribution in [2.24, 2.45) is 11.3 Å². The smallest absolute Gasteiger partial charge is 0.248 e. The summed E-state index contributed by atoms with van der Waals surface area (Å²) in [5, 5.41) is 8.83. The van der Waals surface area contributed by atoms with Crippen LogP contribution in [-0.4, -0.2) is 21.6 Å². The molecule has 0 radical (unpaired) electrons. The normalized spacial score (nSPS) is 20.7. The molecule has 1 aromatic carbocycles. The lowest BCUT2D eigenvalue weighted by Crippen LogP contribution is -2.40. The average Bonchev–Trinajstić information content (AvgIpc) is 3.46. The van der Waals surface area contributed by atoms with Crippen LogP contribution < -0.4 is 0 Å². The Bertz CT molecular complexity index is 1190. The third-order valence-corrected chi connectivity index (χ3v) is 8.37. The van der Waals surface area contributed by atoms with Crippen molar-refractivity contribution in [1.29, 1.82) is 0 Å². The third-order valence-electron chi connectivity index (χ3n) is 8.37. The molecule has 0 fully saturated rings. The Morgan fingerprint density at radius 2 is 1.91 bits per heavy atom. The van der Waals surface area contributed by atoms with Gasteiger partial charge in [-0.15, -0.1) is 10.2 Å². The molecule has 3 aliphatic rings. The second kappa shape index (κ2) is 8.72. The summed E-state index contributed by atoms with van der Waals surface area (Å²) in [6, 6.07) is 6.67. The molecular formula is C30H37N3O. The van der Waals surface area contributed by atoms with Crippen molar-refractivity contribution < 1.29 is 4.42 Å². The molecule has 178 valence electrons. The summed E-state index contributed by atoms with van der Waals surface area (Å²) in [6.07, 6.45) is 19.1. The fraction of sp³-hybridized carbons (Fsp3) is 0.467. The molecule has 34 heavy (non-hydrogen) atoms. The van der Waals surface area contributed by atoms with Gasteiger partial charge in [-0.3, -0.25) is 0 Å². The van der Waals surface area contributed by atoms with E-state index in [1.54, 1.807) is 0 Å². The molecule has 3 heterocycles. The summed E-state index contributed by atoms with van der Waals surface area (Å²) in [5.74, 6) is 1.74. The maximum Gasteiger partial charge on any atom is 0.248 e. The van der Waals surface area contributed by atoms with Crippen LogP contribution in [0, 0.1) is 11.3 Å². The molecule has 0 saturated heterocycles. The van der Waals surface area contributed by atoms with E-state index in [-0.39, 0.29) is 5.54 Å². The lowest BCUT2D eigenvalue weighted by Gasteiger charge is -2.40. The largest absolute Gasteiger partial charge is 0.416 e. The number of hydrogen-bond donors (Lipinski definition) is 0. The molecule has 2 aromatic rings. The van der Waals surface area contributed by atoms with Crippen LogP contribution in [0.3, 0.4) is 0 Å². The van der Waals surface area contributed by atoms with Crippen molar-refractivity contribution in [3.63, 3.8) is 0 Å². The molecule has 2 aliphatic heterocycles. The van der Waals surface area contributed by atoms with Gasteiger partial charge in [0, 0.05) is 28.9 Å². The fourth-order valence-electron chi connectivity index (χ4n) is 6.25. The fourth-order valence-corrected chi connectivity index (χ4v) is 6.25. The van der Waals surface area contributed by atoms with Gasteiger partial charge in [0.1, 0.15) is 0 Å². The van der Waals surface area contributed by atoms with E-state index >= 15 is 0 Å². The predicted octanol–water partition coefficient (Wildman–Crippen LogP) is 7.76. The molecule has 0 bridgehead atoms. The van der Waals surface area contributed by atoms with Gasteiger partial charge in [-0.25, -0.2) is 0 Å². The van der Waals surface area contributed by atoms with E-state index in [1.165, 1.54) is 29.7 Å². The lowest BCUT2D eigenvalue weighted by molar-refractivity contribution is 0.173. The third kappa shape index (κ3) is 3.59. The number of aromatic nitrogens is 2. The Morgan fingerprint density at radius 1 is 1.12 bits per heavy atom. The van der Waals surface area contributed by atoms with Gasteiger partial charge < -0.3 is 9.32 Å². The van der Waals surface area contributed by atoms with Crippen molar-refractivity contribution in [3.05, 3.63) is 71.7 Å². The van der Waals surface area contributed by atoms with Crippen LogP contribution >= 0.6 is 0 Å². The minimum atomic E-state index is 0.0598. The second-order valence-corrected chi connectivity index (χ2v) is 10.6. The van der Waals surface area contributed by atoms with Gasteiger partial charge in [0.25, 0.3) is 0 Å². The average molecular weight is 456 g/mol. The van der Waals surface area contributed by atoms with Crippen molar-refractivity contribution >= 4 is 11.3 Å². The molecule has 4 heteroatoms. The van der Waals surface area contributed by atoms with E-state index < -0.39 is 0 Å². The molecule has 0 saturated carbocycles. The van der Waals surface area contributed by atoms with E-state index in [2.05, 4.69) is 104 Å². The molecule has 1 atom stereocenters. The second-order valence-electron chi connectivity index (χ2n) is 10.6. The first kappa shape index (κ1) is 22.9. The molecule has 5 rings (SSSR count). The standard InChI is InChI=1S/C30H37N3O/c1-6-18-29(4,5)23-15-12-21(13-16-23)27-31-32-28(34-27)22-14-17-25-24(20-22)26-11-9-10-19-33(26)30(25,7-2)8-3/h9-15,17,20,23H,6-8,16,18-19H2,1-5H3. The van der Waals surface area contributed by atoms with Gasteiger partial charge in [0.05, 0.1) is 5.54 Å². The summed E-state index contributed by atoms with van der Waals surface area (Å²) >= 11 is 0. The Morgan fingerprint density at radius 3 is 2.62 bits per heavy atom. The van der Waals surface area contributed by atoms with Crippen LogP contribution in [0.4, 0.5) is 0 Å². The van der Waals surface area contributed by atoms with Gasteiger partial charge >= 0.3 is 0 Å². The zero-order chi connectivity index (χ0) is 23.9. The van der Waals surface area contributed by atoms with E-state index in [4.69, 9.17) is 4.42 Å². The van der Waals surface area contributed by atoms with Gasteiger partial charge in [-0.05, 0) is 60.8 Å². The maximum atomic E-state index is 6.19. The van der Waals surface area contributed by atoms with Crippen molar-refractivity contribution in [2.45, 2.75) is 72.3 Å². The maximum absolute atomic E-state index is 6.19. The highest BCUT2D eigenvalue weighted by atomic mass is 16.4. The molecule has 1 aliphatic carbocycles. The van der Waals surface area contributed by atoms with Crippen LogP contribution in [0.25, 0.3) is 22.7 Å². The van der Waals surface area contributed by atoms with Crippen LogP contribution in [0.1, 0.15) is 83.7 Å². The van der Waals surface area contributed by atoms with Crippen LogP contribution in [0.15, 0.2) is 59.1 Å². The van der Waals surface area contributed by atoms with E-state index in [0.29, 0.717) is 23.1 Å². The van der Waals surface area contributed by atoms with Crippen molar-refractivity contribution in [1.82, 2.24) is 15.1 Å². The SMILES string of the molecule is CCCC(C)(C)C1C=CC(c2nnc(-c3ccc4c(c3)C3=CC=CCN3C4(CC)CC)o2)=CC1. The van der Waals surface area contributed by atoms with Gasteiger partial charge in [0.2, 0.25) is 11.8 Å². The topological polar surface area (TPSA) is 42.2 Å². The number of allylic oxidation sites excluding steroid dienone is 6. The Hall–Kier alpha value is -2.88. The monoisotopic (exact) mass is 455 g/mol. The quantitative estimate of drug-likeness (QED) is 0.428. The van der Waals surface area contributed by atoms with Gasteiger partial charge in [0.15, 0.2) is 0 Å². The minimum absolute atomic E-state index is 0.0598. The summed E-state index contributed by atoms with van der Waals surface area (Å²) in [6.45, 7) is 12.6. The Balaban J connectivity index is 1.42. The van der Waals surface area contributed by atoms with E-state index in [1.807, 2.05) is 0 Å². The molecule has 0 spiro atoms. The van der Waals surface area contributed by atoms with Crippen LogP contribution in [0.2, 0.25) is 0 Å². The zero-order valence-electron chi connectivity index (χ0n) is 21.3. The van der Waals surface area contributed by atoms with Gasteiger partial charge in [-0.2, -0.15) is 0 Å². The summed E-state index contributed by atoms with van der Waals surface area (Å²) < 4.78 is 6.19. The summed E-state index contributed by atoms with van der Waals surface area (Å²) in [7, 11) is 0. The number of hydrogen-bond acceptors (Lipinski definition) is 4. The Kier molecular flexibility index (Phi) is 5.87. The number of fused-ring (bicyclic) bond motifs is 3. The lowest BCUT2D eigenvalue weighted by atomic mass is 9.72. The van der Waals surface area contributed by atoms with E-state index in [0.717, 1.165) is 36.9 Å². The first-order valence-corrected chi connectivity index (χ1v) is 13.0.